The van der Waals surface area contributed by atoms with Crippen molar-refractivity contribution in [3.63, 3.8) is 0 Å². The summed E-state index contributed by atoms with van der Waals surface area (Å²) in [6, 6.07) is 8.42. The Hall–Kier alpha value is -2.63. The smallest absolute Gasteiger partial charge is 0.226 e. The van der Waals surface area contributed by atoms with Gasteiger partial charge in [-0.3, -0.25) is 5.10 Å². The van der Waals surface area contributed by atoms with Gasteiger partial charge < -0.3 is 10.6 Å². The molecule has 0 fully saturated rings. The Bertz CT molecular complexity index is 749. The van der Waals surface area contributed by atoms with Crippen LogP contribution in [-0.2, 0) is 13.0 Å². The monoisotopic (exact) mass is 282 g/mol. The van der Waals surface area contributed by atoms with E-state index in [0.717, 1.165) is 29.8 Å². The van der Waals surface area contributed by atoms with Crippen molar-refractivity contribution in [2.75, 3.05) is 17.7 Å². The van der Waals surface area contributed by atoms with Crippen LogP contribution in [0.3, 0.4) is 0 Å². The van der Waals surface area contributed by atoms with Crippen molar-refractivity contribution in [2.24, 2.45) is 0 Å². The lowest BCUT2D eigenvalue weighted by Gasteiger charge is -2.11. The van der Waals surface area contributed by atoms with Crippen LogP contribution in [0.2, 0.25) is 0 Å². The van der Waals surface area contributed by atoms with Crippen LogP contribution in [0.4, 0.5) is 11.8 Å². The molecule has 0 saturated carbocycles. The number of aryl methyl sites for hydroxylation is 1. The van der Waals surface area contributed by atoms with Crippen molar-refractivity contribution in [3.8, 4) is 0 Å². The van der Waals surface area contributed by atoms with Gasteiger partial charge in [0.25, 0.3) is 0 Å². The molecule has 3 aromatic rings. The van der Waals surface area contributed by atoms with Gasteiger partial charge in [0.1, 0.15) is 5.82 Å². The topological polar surface area (TPSA) is 78.5 Å². The minimum atomic E-state index is 0.568. The number of hydrogen-bond donors (Lipinski definition) is 3. The van der Waals surface area contributed by atoms with Gasteiger partial charge in [0, 0.05) is 13.6 Å². The summed E-state index contributed by atoms with van der Waals surface area (Å²) in [5, 5.41) is 14.1. The summed E-state index contributed by atoms with van der Waals surface area (Å²) < 4.78 is 0. The summed E-state index contributed by atoms with van der Waals surface area (Å²) in [7, 11) is 1.80. The fraction of sp³-hybridized carbons (Fsp3) is 0.267. The van der Waals surface area contributed by atoms with E-state index in [0.29, 0.717) is 5.95 Å². The Morgan fingerprint density at radius 1 is 1.14 bits per heavy atom. The van der Waals surface area contributed by atoms with Crippen LogP contribution >= 0.6 is 0 Å². The first-order chi connectivity index (χ1) is 10.3. The normalized spacial score (nSPS) is 10.8. The van der Waals surface area contributed by atoms with Gasteiger partial charge in [0.05, 0.1) is 11.6 Å². The van der Waals surface area contributed by atoms with Gasteiger partial charge in [0.15, 0.2) is 5.65 Å². The molecule has 6 nitrogen and oxygen atoms in total. The molecule has 0 spiro atoms. The van der Waals surface area contributed by atoms with Crippen molar-refractivity contribution >= 4 is 22.8 Å². The number of hydrogen-bond acceptors (Lipinski definition) is 5. The number of nitrogens with one attached hydrogen (secondary N) is 3. The lowest BCUT2D eigenvalue weighted by molar-refractivity contribution is 1.03. The average Bonchev–Trinajstić information content (AvgIpc) is 3.01. The van der Waals surface area contributed by atoms with Crippen LogP contribution in [0.25, 0.3) is 11.0 Å². The molecule has 2 aromatic heterocycles. The van der Waals surface area contributed by atoms with Gasteiger partial charge in [0.2, 0.25) is 5.95 Å². The Morgan fingerprint density at radius 3 is 2.71 bits per heavy atom. The second-order valence-corrected chi connectivity index (χ2v) is 4.75. The Kier molecular flexibility index (Phi) is 3.68. The minimum Gasteiger partial charge on any atom is -0.365 e. The van der Waals surface area contributed by atoms with Gasteiger partial charge in [-0.15, -0.1) is 0 Å². The summed E-state index contributed by atoms with van der Waals surface area (Å²) in [6.45, 7) is 2.89. The van der Waals surface area contributed by atoms with Crippen LogP contribution in [0.1, 0.15) is 18.1 Å². The number of rotatable bonds is 5. The first-order valence-electron chi connectivity index (χ1n) is 7.01. The highest BCUT2D eigenvalue weighted by Gasteiger charge is 2.09. The zero-order valence-electron chi connectivity index (χ0n) is 12.1. The third kappa shape index (κ3) is 2.65. The summed E-state index contributed by atoms with van der Waals surface area (Å²) in [4.78, 5) is 8.79. The molecule has 108 valence electrons. The Labute approximate surface area is 123 Å². The molecule has 0 unspecified atom stereocenters. The number of benzene rings is 1. The highest BCUT2D eigenvalue weighted by atomic mass is 15.2. The first kappa shape index (κ1) is 13.4. The molecule has 0 aliphatic rings. The molecule has 1 aromatic carbocycles. The van der Waals surface area contributed by atoms with Crippen LogP contribution in [0, 0.1) is 0 Å². The minimum absolute atomic E-state index is 0.568. The molecular weight excluding hydrogens is 264 g/mol. The molecule has 0 atom stereocenters. The average molecular weight is 282 g/mol. The van der Waals surface area contributed by atoms with Crippen molar-refractivity contribution in [3.05, 3.63) is 41.6 Å². The summed E-state index contributed by atoms with van der Waals surface area (Å²) in [5.41, 5.74) is 3.35. The molecule has 0 aliphatic carbocycles. The highest BCUT2D eigenvalue weighted by Crippen LogP contribution is 2.21. The van der Waals surface area contributed by atoms with Crippen LogP contribution in [0.5, 0.6) is 0 Å². The molecule has 0 saturated heterocycles. The van der Waals surface area contributed by atoms with E-state index in [9.17, 15) is 0 Å². The van der Waals surface area contributed by atoms with Crippen LogP contribution in [-0.4, -0.2) is 27.2 Å². The quantitative estimate of drug-likeness (QED) is 0.670. The fourth-order valence-corrected chi connectivity index (χ4v) is 2.34. The van der Waals surface area contributed by atoms with E-state index in [4.69, 9.17) is 0 Å². The fourth-order valence-electron chi connectivity index (χ4n) is 2.34. The van der Waals surface area contributed by atoms with Crippen molar-refractivity contribution in [1.82, 2.24) is 20.2 Å². The van der Waals surface area contributed by atoms with E-state index in [1.165, 1.54) is 11.1 Å². The SMILES string of the molecule is CCc1ccccc1CNc1nc(NC)nc2[nH]ncc12. The Morgan fingerprint density at radius 2 is 1.95 bits per heavy atom. The summed E-state index contributed by atoms with van der Waals surface area (Å²) >= 11 is 0. The first-order valence-corrected chi connectivity index (χ1v) is 7.01. The van der Waals surface area contributed by atoms with Crippen molar-refractivity contribution in [2.45, 2.75) is 19.9 Å². The second-order valence-electron chi connectivity index (χ2n) is 4.75. The standard InChI is InChI=1S/C15H18N6/c1-3-10-6-4-5-7-11(10)8-17-13-12-9-18-21-14(12)20-15(16-2)19-13/h4-7,9H,3,8H2,1-2H3,(H3,16,17,18,19,20,21). The van der Waals surface area contributed by atoms with Gasteiger partial charge in [-0.25, -0.2) is 0 Å². The zero-order valence-corrected chi connectivity index (χ0v) is 12.1. The second kappa shape index (κ2) is 5.78. The number of H-pyrrole nitrogens is 1. The maximum atomic E-state index is 4.47. The van der Waals surface area contributed by atoms with E-state index < -0.39 is 0 Å². The number of anilines is 2. The molecule has 3 rings (SSSR count). The molecular formula is C15H18N6. The van der Waals surface area contributed by atoms with Crippen molar-refractivity contribution in [1.29, 1.82) is 0 Å². The third-order valence-electron chi connectivity index (χ3n) is 3.48. The largest absolute Gasteiger partial charge is 0.365 e. The van der Waals surface area contributed by atoms with Gasteiger partial charge in [-0.05, 0) is 17.5 Å². The predicted octanol–water partition coefficient (Wildman–Crippen LogP) is 2.57. The molecule has 0 radical (unpaired) electrons. The van der Waals surface area contributed by atoms with E-state index in [2.05, 4.69) is 62.0 Å². The molecule has 6 heteroatoms. The summed E-state index contributed by atoms with van der Waals surface area (Å²) in [5.74, 6) is 1.35. The number of aromatic nitrogens is 4. The molecule has 3 N–H and O–H groups in total. The van der Waals surface area contributed by atoms with Gasteiger partial charge in [-0.2, -0.15) is 15.1 Å². The highest BCUT2D eigenvalue weighted by molar-refractivity contribution is 5.86. The van der Waals surface area contributed by atoms with E-state index >= 15 is 0 Å². The predicted molar refractivity (Wildman–Crippen MR) is 84.4 cm³/mol. The Balaban J connectivity index is 1.89. The molecule has 2 heterocycles. The summed E-state index contributed by atoms with van der Waals surface area (Å²) in [6.07, 6.45) is 2.76. The molecule has 21 heavy (non-hydrogen) atoms. The molecule has 0 bridgehead atoms. The third-order valence-corrected chi connectivity index (χ3v) is 3.48. The maximum absolute atomic E-state index is 4.47. The maximum Gasteiger partial charge on any atom is 0.226 e. The number of nitrogens with zero attached hydrogens (tertiary/aromatic N) is 3. The zero-order chi connectivity index (χ0) is 14.7. The van der Waals surface area contributed by atoms with E-state index in [1.54, 1.807) is 13.2 Å². The van der Waals surface area contributed by atoms with Crippen molar-refractivity contribution < 1.29 is 0 Å². The van der Waals surface area contributed by atoms with E-state index in [1.807, 2.05) is 0 Å². The lowest BCUT2D eigenvalue weighted by Crippen LogP contribution is -2.06. The van der Waals surface area contributed by atoms with E-state index in [-0.39, 0.29) is 0 Å². The van der Waals surface area contributed by atoms with Gasteiger partial charge >= 0.3 is 0 Å². The van der Waals surface area contributed by atoms with Gasteiger partial charge in [-0.1, -0.05) is 31.2 Å². The number of fused-ring (bicyclic) bond motifs is 1. The molecule has 0 aliphatic heterocycles. The lowest BCUT2D eigenvalue weighted by atomic mass is 10.1. The van der Waals surface area contributed by atoms with Crippen LogP contribution in [0.15, 0.2) is 30.5 Å². The van der Waals surface area contributed by atoms with Crippen LogP contribution < -0.4 is 10.6 Å². The number of aromatic amines is 1. The molecule has 0 amide bonds.